The van der Waals surface area contributed by atoms with Gasteiger partial charge in [-0.2, -0.15) is 13.2 Å². The zero-order chi connectivity index (χ0) is 14.3. The third kappa shape index (κ3) is 2.20. The number of hydrogen-bond donors (Lipinski definition) is 0. The highest BCUT2D eigenvalue weighted by Gasteiger charge is 2.55. The van der Waals surface area contributed by atoms with E-state index in [0.29, 0.717) is 11.3 Å². The molecule has 1 heterocycles. The van der Waals surface area contributed by atoms with Gasteiger partial charge in [0.15, 0.2) is 0 Å². The third-order valence-electron chi connectivity index (χ3n) is 3.39. The van der Waals surface area contributed by atoms with Gasteiger partial charge < -0.3 is 9.64 Å². The van der Waals surface area contributed by atoms with Crippen LogP contribution in [0, 0.1) is 0 Å². The number of ether oxygens (including phenoxy) is 1. The van der Waals surface area contributed by atoms with Crippen LogP contribution >= 0.6 is 0 Å². The highest BCUT2D eigenvalue weighted by molar-refractivity contribution is 6.07. The van der Waals surface area contributed by atoms with Gasteiger partial charge in [0, 0.05) is 19.8 Å². The molecule has 19 heavy (non-hydrogen) atoms. The number of halogens is 3. The number of anilines is 1. The number of rotatable bonds is 3. The van der Waals surface area contributed by atoms with Crippen LogP contribution in [-0.4, -0.2) is 32.8 Å². The van der Waals surface area contributed by atoms with Crippen LogP contribution in [0.15, 0.2) is 24.3 Å². The number of para-hydroxylation sites is 1. The zero-order valence-electron chi connectivity index (χ0n) is 10.6. The Morgan fingerprint density at radius 3 is 2.53 bits per heavy atom. The number of alkyl halides is 3. The quantitative estimate of drug-likeness (QED) is 0.846. The van der Waals surface area contributed by atoms with Gasteiger partial charge in [0.25, 0.3) is 0 Å². The maximum Gasteiger partial charge on any atom is 0.390 e. The van der Waals surface area contributed by atoms with E-state index >= 15 is 0 Å². The number of likely N-dealkylation sites (N-methyl/N-ethyl adjacent to an activating group) is 1. The molecule has 1 unspecified atom stereocenters. The summed E-state index contributed by atoms with van der Waals surface area (Å²) in [6.45, 7) is -0.285. The SMILES string of the molecule is COCC1(CC(F)(F)F)C(=O)N(C)c2ccccc21. The maximum atomic E-state index is 12.8. The Balaban J connectivity index is 2.57. The average Bonchev–Trinajstić information content (AvgIpc) is 2.52. The van der Waals surface area contributed by atoms with Crippen molar-refractivity contribution in [1.82, 2.24) is 0 Å². The first kappa shape index (κ1) is 13.9. The van der Waals surface area contributed by atoms with Gasteiger partial charge in [-0.15, -0.1) is 0 Å². The number of nitrogens with zero attached hydrogens (tertiary/aromatic N) is 1. The molecule has 104 valence electrons. The number of methoxy groups -OCH3 is 1. The smallest absolute Gasteiger partial charge is 0.383 e. The Kier molecular flexibility index (Phi) is 3.30. The Labute approximate surface area is 109 Å². The lowest BCUT2D eigenvalue weighted by molar-refractivity contribution is -0.160. The summed E-state index contributed by atoms with van der Waals surface area (Å²) in [4.78, 5) is 13.6. The summed E-state index contributed by atoms with van der Waals surface area (Å²) in [6, 6.07) is 6.52. The summed E-state index contributed by atoms with van der Waals surface area (Å²) in [5.41, 5.74) is -0.784. The van der Waals surface area contributed by atoms with Crippen LogP contribution in [0.1, 0.15) is 12.0 Å². The molecule has 3 nitrogen and oxygen atoms in total. The fourth-order valence-electron chi connectivity index (χ4n) is 2.67. The van der Waals surface area contributed by atoms with Gasteiger partial charge >= 0.3 is 6.18 Å². The molecular weight excluding hydrogens is 259 g/mol. The molecule has 1 amide bonds. The standard InChI is InChI=1S/C13H14F3NO2/c1-17-10-6-4-3-5-9(10)12(8-19-2,11(17)18)7-13(14,15)16/h3-6H,7-8H2,1-2H3. The predicted octanol–water partition coefficient (Wildman–Crippen LogP) is 2.50. The average molecular weight is 273 g/mol. The fourth-order valence-corrected chi connectivity index (χ4v) is 2.67. The molecule has 0 fully saturated rings. The number of carbonyl (C=O) groups is 1. The fraction of sp³-hybridized carbons (Fsp3) is 0.462. The van der Waals surface area contributed by atoms with E-state index in [4.69, 9.17) is 4.74 Å². The van der Waals surface area contributed by atoms with E-state index in [1.54, 1.807) is 24.3 Å². The van der Waals surface area contributed by atoms with E-state index in [0.717, 1.165) is 0 Å². The van der Waals surface area contributed by atoms with Crippen molar-refractivity contribution in [2.24, 2.45) is 0 Å². The largest absolute Gasteiger partial charge is 0.390 e. The zero-order valence-corrected chi connectivity index (χ0v) is 10.6. The normalized spacial score (nSPS) is 22.8. The molecule has 6 heteroatoms. The number of carbonyl (C=O) groups excluding carboxylic acids is 1. The highest BCUT2D eigenvalue weighted by Crippen LogP contribution is 2.47. The molecule has 2 rings (SSSR count). The summed E-state index contributed by atoms with van der Waals surface area (Å²) in [6.07, 6.45) is -5.65. The van der Waals surface area contributed by atoms with Crippen LogP contribution < -0.4 is 4.90 Å². The second-order valence-electron chi connectivity index (χ2n) is 4.69. The summed E-state index contributed by atoms with van der Waals surface area (Å²) in [5, 5.41) is 0. The molecule has 1 atom stereocenters. The minimum Gasteiger partial charge on any atom is -0.383 e. The van der Waals surface area contributed by atoms with Crippen molar-refractivity contribution in [2.45, 2.75) is 18.0 Å². The van der Waals surface area contributed by atoms with Crippen molar-refractivity contribution in [3.8, 4) is 0 Å². The van der Waals surface area contributed by atoms with E-state index in [2.05, 4.69) is 0 Å². The lowest BCUT2D eigenvalue weighted by atomic mass is 9.79. The topological polar surface area (TPSA) is 29.5 Å². The summed E-state index contributed by atoms with van der Waals surface area (Å²) in [7, 11) is 2.78. The van der Waals surface area contributed by atoms with E-state index in [1.807, 2.05) is 0 Å². The minimum atomic E-state index is -4.44. The summed E-state index contributed by atoms with van der Waals surface area (Å²) in [5.74, 6) is -0.576. The Morgan fingerprint density at radius 2 is 1.95 bits per heavy atom. The molecule has 0 bridgehead atoms. The Hall–Kier alpha value is -1.56. The molecule has 1 aliphatic heterocycles. The molecule has 0 aliphatic carbocycles. The van der Waals surface area contributed by atoms with Crippen molar-refractivity contribution in [1.29, 1.82) is 0 Å². The molecule has 0 radical (unpaired) electrons. The van der Waals surface area contributed by atoms with Crippen LogP contribution in [0.3, 0.4) is 0 Å². The van der Waals surface area contributed by atoms with Crippen molar-refractivity contribution < 1.29 is 22.7 Å². The van der Waals surface area contributed by atoms with Crippen LogP contribution in [-0.2, 0) is 14.9 Å². The van der Waals surface area contributed by atoms with Crippen molar-refractivity contribution in [2.75, 3.05) is 25.7 Å². The van der Waals surface area contributed by atoms with E-state index in [1.165, 1.54) is 19.1 Å². The van der Waals surface area contributed by atoms with Crippen LogP contribution in [0.2, 0.25) is 0 Å². The number of fused-ring (bicyclic) bond motifs is 1. The summed E-state index contributed by atoms with van der Waals surface area (Å²) >= 11 is 0. The van der Waals surface area contributed by atoms with Crippen LogP contribution in [0.5, 0.6) is 0 Å². The lowest BCUT2D eigenvalue weighted by Gasteiger charge is -2.28. The van der Waals surface area contributed by atoms with Crippen molar-refractivity contribution in [3.05, 3.63) is 29.8 Å². The number of hydrogen-bond acceptors (Lipinski definition) is 2. The molecule has 0 aromatic heterocycles. The molecule has 0 saturated heterocycles. The molecule has 0 N–H and O–H groups in total. The van der Waals surface area contributed by atoms with Crippen LogP contribution in [0.25, 0.3) is 0 Å². The molecule has 1 aromatic carbocycles. The third-order valence-corrected chi connectivity index (χ3v) is 3.39. The number of benzene rings is 1. The summed E-state index contributed by atoms with van der Waals surface area (Å²) < 4.78 is 43.4. The number of amides is 1. The van der Waals surface area contributed by atoms with Gasteiger partial charge in [-0.3, -0.25) is 4.79 Å². The van der Waals surface area contributed by atoms with Gasteiger partial charge in [-0.1, -0.05) is 18.2 Å². The molecule has 1 aliphatic rings. The van der Waals surface area contributed by atoms with Crippen molar-refractivity contribution in [3.63, 3.8) is 0 Å². The van der Waals surface area contributed by atoms with Crippen molar-refractivity contribution >= 4 is 11.6 Å². The first-order valence-corrected chi connectivity index (χ1v) is 5.75. The Bertz CT molecular complexity index is 501. The van der Waals surface area contributed by atoms with Crippen LogP contribution in [0.4, 0.5) is 18.9 Å². The van der Waals surface area contributed by atoms with E-state index in [9.17, 15) is 18.0 Å². The van der Waals surface area contributed by atoms with Gasteiger partial charge in [-0.25, -0.2) is 0 Å². The first-order chi connectivity index (χ1) is 8.82. The second kappa shape index (κ2) is 4.52. The predicted molar refractivity (Wildman–Crippen MR) is 64.1 cm³/mol. The minimum absolute atomic E-state index is 0.285. The molecule has 0 spiro atoms. The van der Waals surface area contributed by atoms with E-state index in [-0.39, 0.29) is 6.61 Å². The first-order valence-electron chi connectivity index (χ1n) is 5.75. The lowest BCUT2D eigenvalue weighted by Crippen LogP contribution is -2.45. The Morgan fingerprint density at radius 1 is 1.32 bits per heavy atom. The molecule has 1 aromatic rings. The second-order valence-corrected chi connectivity index (χ2v) is 4.69. The van der Waals surface area contributed by atoms with Gasteiger partial charge in [0.1, 0.15) is 5.41 Å². The molecular formula is C13H14F3NO2. The monoisotopic (exact) mass is 273 g/mol. The molecule has 0 saturated carbocycles. The highest BCUT2D eigenvalue weighted by atomic mass is 19.4. The van der Waals surface area contributed by atoms with Gasteiger partial charge in [0.05, 0.1) is 13.0 Å². The maximum absolute atomic E-state index is 12.8. The van der Waals surface area contributed by atoms with Gasteiger partial charge in [0.2, 0.25) is 5.91 Å². The van der Waals surface area contributed by atoms with Gasteiger partial charge in [-0.05, 0) is 11.6 Å². The van der Waals surface area contributed by atoms with E-state index < -0.39 is 23.9 Å².